The molecular weight excluding hydrogens is 202 g/mol. The summed E-state index contributed by atoms with van der Waals surface area (Å²) in [6.45, 7) is 2.22. The molecule has 0 saturated carbocycles. The predicted molar refractivity (Wildman–Crippen MR) is 59.0 cm³/mol. The Bertz CT molecular complexity index is 252. The minimum Gasteiger partial charge on any atom is -0.194 e. The van der Waals surface area contributed by atoms with Crippen LogP contribution in [0.3, 0.4) is 0 Å². The summed E-state index contributed by atoms with van der Waals surface area (Å²) in [6.07, 6.45) is 6.57. The van der Waals surface area contributed by atoms with Gasteiger partial charge in [-0.1, -0.05) is 36.7 Å². The summed E-state index contributed by atoms with van der Waals surface area (Å²) < 4.78 is 2.11. The Labute approximate surface area is 89.1 Å². The lowest BCUT2D eigenvalue weighted by Crippen LogP contribution is -2.30. The fraction of sp³-hybridized carbons (Fsp3) is 0.500. The van der Waals surface area contributed by atoms with Gasteiger partial charge in [0.25, 0.3) is 0 Å². The molecule has 0 aliphatic carbocycles. The van der Waals surface area contributed by atoms with E-state index in [4.69, 9.17) is 11.6 Å². The van der Waals surface area contributed by atoms with Crippen LogP contribution in [0.1, 0.15) is 19.8 Å². The van der Waals surface area contributed by atoms with Crippen molar-refractivity contribution in [3.8, 4) is 0 Å². The van der Waals surface area contributed by atoms with E-state index < -0.39 is 0 Å². The van der Waals surface area contributed by atoms with E-state index in [0.717, 1.165) is 10.9 Å². The van der Waals surface area contributed by atoms with Gasteiger partial charge in [-0.3, -0.25) is 0 Å². The number of aromatic nitrogens is 1. The fourth-order valence-corrected chi connectivity index (χ4v) is 2.18. The van der Waals surface area contributed by atoms with Crippen molar-refractivity contribution in [2.75, 3.05) is 5.75 Å². The molecule has 3 heteroatoms. The van der Waals surface area contributed by atoms with Gasteiger partial charge in [-0.05, 0) is 18.2 Å². The molecule has 0 spiro atoms. The molecule has 72 valence electrons. The van der Waals surface area contributed by atoms with E-state index in [1.54, 1.807) is 0 Å². The monoisotopic (exact) mass is 216 g/mol. The zero-order valence-electron chi connectivity index (χ0n) is 7.87. The molecule has 0 N–H and O–H groups in total. The Morgan fingerprint density at radius 2 is 2.38 bits per heavy atom. The Kier molecular flexibility index (Phi) is 5.25. The molecule has 1 nitrogen and oxygen atoms in total. The Morgan fingerprint density at radius 3 is 3.08 bits per heavy atom. The first-order valence-electron chi connectivity index (χ1n) is 4.55. The highest BCUT2D eigenvalue weighted by molar-refractivity contribution is 7.98. The van der Waals surface area contributed by atoms with E-state index in [1.165, 1.54) is 18.6 Å². The zero-order valence-corrected chi connectivity index (χ0v) is 9.44. The molecule has 0 radical (unpaired) electrons. The first-order chi connectivity index (χ1) is 6.33. The number of thioether (sulfide) groups is 1. The maximum Gasteiger partial charge on any atom is 0.194 e. The minimum absolute atomic E-state index is 0.804. The second-order valence-electron chi connectivity index (χ2n) is 2.93. The average molecular weight is 217 g/mol. The number of nitrogens with zero attached hydrogens (tertiary/aromatic N) is 1. The van der Waals surface area contributed by atoms with Crippen molar-refractivity contribution in [1.82, 2.24) is 0 Å². The van der Waals surface area contributed by atoms with Gasteiger partial charge in [-0.15, -0.1) is 0 Å². The lowest BCUT2D eigenvalue weighted by atomic mass is 10.4. The number of hydrogen-bond acceptors (Lipinski definition) is 1. The van der Waals surface area contributed by atoms with E-state index in [9.17, 15) is 0 Å². The van der Waals surface area contributed by atoms with Gasteiger partial charge in [-0.25, -0.2) is 0 Å². The summed E-state index contributed by atoms with van der Waals surface area (Å²) in [4.78, 5) is 0. The van der Waals surface area contributed by atoms with Gasteiger partial charge in [0.15, 0.2) is 18.3 Å². The van der Waals surface area contributed by atoms with Gasteiger partial charge in [0, 0.05) is 6.07 Å². The van der Waals surface area contributed by atoms with E-state index in [0.29, 0.717) is 0 Å². The molecule has 0 fully saturated rings. The normalized spacial score (nSPS) is 10.3. The van der Waals surface area contributed by atoms with Crippen LogP contribution in [0, 0.1) is 0 Å². The minimum atomic E-state index is 0.804. The van der Waals surface area contributed by atoms with Gasteiger partial charge in [0.2, 0.25) is 0 Å². The van der Waals surface area contributed by atoms with Crippen molar-refractivity contribution in [2.24, 2.45) is 0 Å². The van der Waals surface area contributed by atoms with Crippen LogP contribution >= 0.6 is 23.4 Å². The highest BCUT2D eigenvalue weighted by Gasteiger charge is 1.99. The van der Waals surface area contributed by atoms with Gasteiger partial charge >= 0.3 is 0 Å². The average Bonchev–Trinajstić information content (AvgIpc) is 2.13. The van der Waals surface area contributed by atoms with Crippen molar-refractivity contribution >= 4 is 23.4 Å². The molecule has 0 aromatic carbocycles. The van der Waals surface area contributed by atoms with Crippen LogP contribution in [0.4, 0.5) is 0 Å². The summed E-state index contributed by atoms with van der Waals surface area (Å²) in [7, 11) is 0. The quantitative estimate of drug-likeness (QED) is 0.541. The summed E-state index contributed by atoms with van der Waals surface area (Å²) in [5, 5.41) is 0.804. The summed E-state index contributed by atoms with van der Waals surface area (Å²) in [6, 6.07) is 3.87. The van der Waals surface area contributed by atoms with Crippen LogP contribution in [-0.4, -0.2) is 5.75 Å². The van der Waals surface area contributed by atoms with Crippen LogP contribution in [0.2, 0.25) is 5.02 Å². The van der Waals surface area contributed by atoms with Crippen LogP contribution in [0.15, 0.2) is 24.5 Å². The number of unbranched alkanes of at least 4 members (excludes halogenated alkanes) is 1. The van der Waals surface area contributed by atoms with E-state index in [1.807, 2.05) is 36.3 Å². The molecule has 1 rings (SSSR count). The third-order valence-electron chi connectivity index (χ3n) is 1.70. The standard InChI is InChI=1S/C10H15ClNS/c1-2-3-7-13-9-12-6-4-5-10(11)8-12/h4-6,8H,2-3,7,9H2,1H3/q+1. The van der Waals surface area contributed by atoms with Crippen molar-refractivity contribution in [3.05, 3.63) is 29.5 Å². The van der Waals surface area contributed by atoms with Gasteiger partial charge in [0.1, 0.15) is 5.02 Å². The summed E-state index contributed by atoms with van der Waals surface area (Å²) in [5.74, 6) is 2.23. The molecule has 0 amide bonds. The molecule has 1 heterocycles. The number of hydrogen-bond donors (Lipinski definition) is 0. The molecule has 0 aliphatic rings. The molecule has 0 aliphatic heterocycles. The predicted octanol–water partition coefficient (Wildman–Crippen LogP) is 3.12. The molecule has 13 heavy (non-hydrogen) atoms. The summed E-state index contributed by atoms with van der Waals surface area (Å²) >= 11 is 7.80. The lowest BCUT2D eigenvalue weighted by molar-refractivity contribution is -0.675. The number of halogens is 1. The second kappa shape index (κ2) is 6.28. The van der Waals surface area contributed by atoms with Gasteiger partial charge in [0.05, 0.1) is 0 Å². The van der Waals surface area contributed by atoms with Crippen molar-refractivity contribution < 1.29 is 4.57 Å². The third kappa shape index (κ3) is 4.53. The fourth-order valence-electron chi connectivity index (χ4n) is 0.987. The van der Waals surface area contributed by atoms with Crippen molar-refractivity contribution in [3.63, 3.8) is 0 Å². The van der Waals surface area contributed by atoms with Crippen molar-refractivity contribution in [1.29, 1.82) is 0 Å². The summed E-state index contributed by atoms with van der Waals surface area (Å²) in [5.41, 5.74) is 0. The van der Waals surface area contributed by atoms with Crippen LogP contribution in [0.5, 0.6) is 0 Å². The molecule has 0 bridgehead atoms. The maximum absolute atomic E-state index is 5.85. The van der Waals surface area contributed by atoms with Crippen molar-refractivity contribution in [2.45, 2.75) is 25.6 Å². The van der Waals surface area contributed by atoms with Crippen LogP contribution < -0.4 is 4.57 Å². The molecule has 1 aromatic heterocycles. The van der Waals surface area contributed by atoms with Crippen LogP contribution in [0.25, 0.3) is 0 Å². The first kappa shape index (κ1) is 10.9. The molecule has 0 unspecified atom stereocenters. The Hall–Kier alpha value is -0.210. The second-order valence-corrected chi connectivity index (χ2v) is 4.44. The topological polar surface area (TPSA) is 3.88 Å². The smallest absolute Gasteiger partial charge is 0.194 e. The zero-order chi connectivity index (χ0) is 9.52. The van der Waals surface area contributed by atoms with Crippen LogP contribution in [-0.2, 0) is 5.88 Å². The Balaban J connectivity index is 2.28. The Morgan fingerprint density at radius 1 is 1.54 bits per heavy atom. The molecule has 0 saturated heterocycles. The highest BCUT2D eigenvalue weighted by atomic mass is 35.5. The van der Waals surface area contributed by atoms with E-state index >= 15 is 0 Å². The molecule has 0 atom stereocenters. The van der Waals surface area contributed by atoms with Gasteiger partial charge in [-0.2, -0.15) is 4.57 Å². The number of pyridine rings is 1. The maximum atomic E-state index is 5.85. The third-order valence-corrected chi connectivity index (χ3v) is 2.99. The van der Waals surface area contributed by atoms with E-state index in [-0.39, 0.29) is 0 Å². The van der Waals surface area contributed by atoms with Gasteiger partial charge < -0.3 is 0 Å². The highest BCUT2D eigenvalue weighted by Crippen LogP contribution is 2.06. The first-order valence-corrected chi connectivity index (χ1v) is 6.08. The molecular formula is C10H15ClNS+. The molecule has 1 aromatic rings. The number of rotatable bonds is 5. The SMILES string of the molecule is CCCCSC[n+]1cccc(Cl)c1. The lowest BCUT2D eigenvalue weighted by Gasteiger charge is -1.96. The largest absolute Gasteiger partial charge is 0.194 e. The van der Waals surface area contributed by atoms with E-state index in [2.05, 4.69) is 11.5 Å².